The van der Waals surface area contributed by atoms with Gasteiger partial charge in [0.25, 0.3) is 0 Å². The molecule has 0 aliphatic rings. The molecule has 0 amide bonds. The second kappa shape index (κ2) is 3.65. The van der Waals surface area contributed by atoms with Gasteiger partial charge in [0.1, 0.15) is 0 Å². The minimum atomic E-state index is 0.646. The zero-order chi connectivity index (χ0) is 10.8. The standard InChI is InChI=1S/C13H14N2/c1-9-11(7-8-12(14)13(9)15)10-5-3-2-4-6-10/h2-8H,14-15H2,1H3. The summed E-state index contributed by atoms with van der Waals surface area (Å²) in [5, 5.41) is 0. The first-order valence-electron chi connectivity index (χ1n) is 4.90. The van der Waals surface area contributed by atoms with Gasteiger partial charge in [0, 0.05) is 0 Å². The van der Waals surface area contributed by atoms with Gasteiger partial charge in [-0.3, -0.25) is 0 Å². The van der Waals surface area contributed by atoms with Crippen molar-refractivity contribution in [1.29, 1.82) is 0 Å². The van der Waals surface area contributed by atoms with Crippen molar-refractivity contribution in [2.45, 2.75) is 6.92 Å². The lowest BCUT2D eigenvalue weighted by Crippen LogP contribution is -1.98. The third kappa shape index (κ3) is 1.66. The van der Waals surface area contributed by atoms with Crippen molar-refractivity contribution in [2.24, 2.45) is 0 Å². The summed E-state index contributed by atoms with van der Waals surface area (Å²) in [7, 11) is 0. The van der Waals surface area contributed by atoms with Crippen molar-refractivity contribution in [3.63, 3.8) is 0 Å². The van der Waals surface area contributed by atoms with Crippen LogP contribution in [0.5, 0.6) is 0 Å². The lowest BCUT2D eigenvalue weighted by atomic mass is 9.98. The van der Waals surface area contributed by atoms with Crippen LogP contribution < -0.4 is 11.5 Å². The van der Waals surface area contributed by atoms with E-state index in [1.54, 1.807) is 0 Å². The molecule has 0 atom stereocenters. The van der Waals surface area contributed by atoms with Gasteiger partial charge < -0.3 is 11.5 Å². The summed E-state index contributed by atoms with van der Waals surface area (Å²) in [6.45, 7) is 1.99. The molecule has 0 unspecified atom stereocenters. The predicted molar refractivity (Wildman–Crippen MR) is 65.4 cm³/mol. The lowest BCUT2D eigenvalue weighted by molar-refractivity contribution is 1.46. The summed E-state index contributed by atoms with van der Waals surface area (Å²) >= 11 is 0. The minimum Gasteiger partial charge on any atom is -0.397 e. The zero-order valence-corrected chi connectivity index (χ0v) is 8.70. The van der Waals surface area contributed by atoms with Crippen LogP contribution in [0.2, 0.25) is 0 Å². The first-order chi connectivity index (χ1) is 7.20. The van der Waals surface area contributed by atoms with Crippen LogP contribution in [0, 0.1) is 6.92 Å². The highest BCUT2D eigenvalue weighted by Crippen LogP contribution is 2.30. The highest BCUT2D eigenvalue weighted by Gasteiger charge is 2.05. The van der Waals surface area contributed by atoms with Gasteiger partial charge in [-0.05, 0) is 29.7 Å². The summed E-state index contributed by atoms with van der Waals surface area (Å²) in [6, 6.07) is 14.0. The van der Waals surface area contributed by atoms with Crippen LogP contribution in [-0.2, 0) is 0 Å². The topological polar surface area (TPSA) is 52.0 Å². The molecule has 15 heavy (non-hydrogen) atoms. The molecule has 0 bridgehead atoms. The Morgan fingerprint density at radius 3 is 2.20 bits per heavy atom. The Labute approximate surface area is 89.5 Å². The average Bonchev–Trinajstić information content (AvgIpc) is 2.27. The monoisotopic (exact) mass is 198 g/mol. The Morgan fingerprint density at radius 1 is 0.867 bits per heavy atom. The smallest absolute Gasteiger partial charge is 0.0583 e. The molecule has 0 fully saturated rings. The van der Waals surface area contributed by atoms with Crippen LogP contribution in [0.3, 0.4) is 0 Å². The molecule has 0 saturated heterocycles. The van der Waals surface area contributed by atoms with Crippen molar-refractivity contribution in [3.8, 4) is 11.1 Å². The molecule has 2 heteroatoms. The second-order valence-electron chi connectivity index (χ2n) is 3.61. The first kappa shape index (κ1) is 9.59. The summed E-state index contributed by atoms with van der Waals surface area (Å²) < 4.78 is 0. The van der Waals surface area contributed by atoms with Crippen molar-refractivity contribution < 1.29 is 0 Å². The molecule has 0 radical (unpaired) electrons. The van der Waals surface area contributed by atoms with Crippen LogP contribution >= 0.6 is 0 Å². The van der Waals surface area contributed by atoms with Gasteiger partial charge in [-0.1, -0.05) is 36.4 Å². The normalized spacial score (nSPS) is 10.2. The third-order valence-corrected chi connectivity index (χ3v) is 2.63. The Kier molecular flexibility index (Phi) is 2.34. The Morgan fingerprint density at radius 2 is 1.53 bits per heavy atom. The van der Waals surface area contributed by atoms with E-state index in [9.17, 15) is 0 Å². The number of hydrogen-bond acceptors (Lipinski definition) is 2. The highest BCUT2D eigenvalue weighted by atomic mass is 14.7. The molecule has 2 rings (SSSR count). The van der Waals surface area contributed by atoms with Crippen LogP contribution in [0.25, 0.3) is 11.1 Å². The Balaban J connectivity index is 2.60. The van der Waals surface area contributed by atoms with Crippen LogP contribution in [0.15, 0.2) is 42.5 Å². The van der Waals surface area contributed by atoms with E-state index in [1.165, 1.54) is 5.56 Å². The number of nitrogen functional groups attached to an aromatic ring is 2. The number of hydrogen-bond donors (Lipinski definition) is 2. The fraction of sp³-hybridized carbons (Fsp3) is 0.0769. The van der Waals surface area contributed by atoms with E-state index in [1.807, 2.05) is 37.3 Å². The van der Waals surface area contributed by atoms with Crippen molar-refractivity contribution in [3.05, 3.63) is 48.0 Å². The van der Waals surface area contributed by atoms with Gasteiger partial charge in [-0.15, -0.1) is 0 Å². The summed E-state index contributed by atoms with van der Waals surface area (Å²) in [5.74, 6) is 0. The molecule has 4 N–H and O–H groups in total. The highest BCUT2D eigenvalue weighted by molar-refractivity contribution is 5.79. The Hall–Kier alpha value is -1.96. The Bertz CT molecular complexity index is 475. The maximum atomic E-state index is 5.90. The first-order valence-corrected chi connectivity index (χ1v) is 4.90. The maximum Gasteiger partial charge on any atom is 0.0583 e. The SMILES string of the molecule is Cc1c(-c2ccccc2)ccc(N)c1N. The number of rotatable bonds is 1. The molecule has 0 aliphatic carbocycles. The van der Waals surface area contributed by atoms with Gasteiger partial charge in [0.05, 0.1) is 11.4 Å². The van der Waals surface area contributed by atoms with Crippen LogP contribution in [-0.4, -0.2) is 0 Å². The van der Waals surface area contributed by atoms with E-state index in [4.69, 9.17) is 11.5 Å². The van der Waals surface area contributed by atoms with Crippen molar-refractivity contribution in [2.75, 3.05) is 11.5 Å². The molecule has 0 heterocycles. The van der Waals surface area contributed by atoms with E-state index in [0.717, 1.165) is 11.1 Å². The maximum absolute atomic E-state index is 5.90. The van der Waals surface area contributed by atoms with Gasteiger partial charge in [0.15, 0.2) is 0 Å². The quantitative estimate of drug-likeness (QED) is 0.692. The summed E-state index contributed by atoms with van der Waals surface area (Å²) in [5.41, 5.74) is 16.3. The van der Waals surface area contributed by atoms with E-state index >= 15 is 0 Å². The lowest BCUT2D eigenvalue weighted by Gasteiger charge is -2.10. The molecule has 0 aliphatic heterocycles. The molecule has 76 valence electrons. The second-order valence-corrected chi connectivity index (χ2v) is 3.61. The molecular formula is C13H14N2. The van der Waals surface area contributed by atoms with E-state index in [-0.39, 0.29) is 0 Å². The number of anilines is 2. The van der Waals surface area contributed by atoms with E-state index in [2.05, 4.69) is 12.1 Å². The molecule has 2 aromatic carbocycles. The van der Waals surface area contributed by atoms with E-state index in [0.29, 0.717) is 11.4 Å². The zero-order valence-electron chi connectivity index (χ0n) is 8.70. The van der Waals surface area contributed by atoms with Gasteiger partial charge in [-0.2, -0.15) is 0 Å². The fourth-order valence-electron chi connectivity index (χ4n) is 1.68. The summed E-state index contributed by atoms with van der Waals surface area (Å²) in [4.78, 5) is 0. The summed E-state index contributed by atoms with van der Waals surface area (Å²) in [6.07, 6.45) is 0. The van der Waals surface area contributed by atoms with Gasteiger partial charge in [0.2, 0.25) is 0 Å². The minimum absolute atomic E-state index is 0.646. The number of nitrogens with two attached hydrogens (primary N) is 2. The molecule has 2 nitrogen and oxygen atoms in total. The molecule has 2 aromatic rings. The predicted octanol–water partition coefficient (Wildman–Crippen LogP) is 2.83. The largest absolute Gasteiger partial charge is 0.397 e. The van der Waals surface area contributed by atoms with Gasteiger partial charge >= 0.3 is 0 Å². The van der Waals surface area contributed by atoms with Crippen molar-refractivity contribution >= 4 is 11.4 Å². The van der Waals surface area contributed by atoms with E-state index < -0.39 is 0 Å². The number of benzene rings is 2. The van der Waals surface area contributed by atoms with Gasteiger partial charge in [-0.25, -0.2) is 0 Å². The fourth-order valence-corrected chi connectivity index (χ4v) is 1.68. The van der Waals surface area contributed by atoms with Crippen molar-refractivity contribution in [1.82, 2.24) is 0 Å². The third-order valence-electron chi connectivity index (χ3n) is 2.63. The molecular weight excluding hydrogens is 184 g/mol. The molecule has 0 aromatic heterocycles. The van der Waals surface area contributed by atoms with Crippen LogP contribution in [0.1, 0.15) is 5.56 Å². The average molecular weight is 198 g/mol. The molecule has 0 saturated carbocycles. The molecule has 0 spiro atoms. The van der Waals surface area contributed by atoms with Crippen LogP contribution in [0.4, 0.5) is 11.4 Å².